The van der Waals surface area contributed by atoms with E-state index in [4.69, 9.17) is 0 Å². The smallest absolute Gasteiger partial charge is 0.193 e. The van der Waals surface area contributed by atoms with Crippen molar-refractivity contribution in [2.75, 3.05) is 0 Å². The molecule has 0 spiro atoms. The quantitative estimate of drug-likeness (QED) is 0.182. The van der Waals surface area contributed by atoms with Crippen molar-refractivity contribution >= 4 is 23.3 Å². The van der Waals surface area contributed by atoms with Gasteiger partial charge in [-0.2, -0.15) is 0 Å². The average molecular weight is 563 g/mol. The van der Waals surface area contributed by atoms with Crippen molar-refractivity contribution in [3.63, 3.8) is 0 Å². The van der Waals surface area contributed by atoms with E-state index in [1.165, 1.54) is 15.4 Å². The Morgan fingerprint density at radius 1 is 0.429 bits per heavy atom. The van der Waals surface area contributed by atoms with Crippen molar-refractivity contribution in [2.24, 2.45) is 0 Å². The van der Waals surface area contributed by atoms with Gasteiger partial charge in [0.15, 0.2) is 11.6 Å². The minimum Gasteiger partial charge on any atom is -0.289 e. The first kappa shape index (κ1) is 28.5. The number of benzene rings is 6. The molecular formula is C39H30O2S. The minimum absolute atomic E-state index is 0.0503. The Bertz CT molecular complexity index is 1700. The van der Waals surface area contributed by atoms with Crippen LogP contribution in [0.1, 0.15) is 37.4 Å². The second-order valence-corrected chi connectivity index (χ2v) is 10.9. The molecule has 0 saturated heterocycles. The highest BCUT2D eigenvalue weighted by Crippen LogP contribution is 2.31. The molecule has 2 nitrogen and oxygen atoms in total. The summed E-state index contributed by atoms with van der Waals surface area (Å²) >= 11 is 1.74. The van der Waals surface area contributed by atoms with Crippen LogP contribution in [0.4, 0.5) is 0 Å². The molecule has 3 heteroatoms. The molecule has 0 aliphatic rings. The lowest BCUT2D eigenvalue weighted by Gasteiger charge is -2.10. The van der Waals surface area contributed by atoms with E-state index in [0.717, 1.165) is 27.8 Å². The number of hydrogen-bond donors (Lipinski definition) is 0. The number of rotatable bonds is 7. The SMILES string of the molecule is Cc1ccc(Sc2ccc(-c3ccccc3C(=O)c3ccccc3)cc2)cc1.O=C(c1ccccc1)c1ccccc1. The van der Waals surface area contributed by atoms with Crippen molar-refractivity contribution in [2.45, 2.75) is 16.7 Å². The molecule has 0 radical (unpaired) electrons. The summed E-state index contributed by atoms with van der Waals surface area (Å²) in [6.45, 7) is 2.09. The van der Waals surface area contributed by atoms with Gasteiger partial charge in [0.05, 0.1) is 0 Å². The predicted molar refractivity (Wildman–Crippen MR) is 173 cm³/mol. The monoisotopic (exact) mass is 562 g/mol. The fourth-order valence-electron chi connectivity index (χ4n) is 4.47. The summed E-state index contributed by atoms with van der Waals surface area (Å²) in [5.74, 6) is 0.125. The molecule has 0 atom stereocenters. The zero-order valence-corrected chi connectivity index (χ0v) is 24.1. The first-order valence-corrected chi connectivity index (χ1v) is 14.6. The molecule has 0 aliphatic carbocycles. The summed E-state index contributed by atoms with van der Waals surface area (Å²) in [6.07, 6.45) is 0. The van der Waals surface area contributed by atoms with Crippen LogP contribution >= 0.6 is 11.8 Å². The average Bonchev–Trinajstić information content (AvgIpc) is 3.07. The van der Waals surface area contributed by atoms with E-state index in [2.05, 4.69) is 55.5 Å². The molecule has 6 aromatic carbocycles. The fraction of sp³-hybridized carbons (Fsp3) is 0.0256. The standard InChI is InChI=1S/C26H20OS.C13H10O/c1-19-11-15-22(16-12-19)28-23-17-13-20(14-18-23)24-9-5-6-10-25(24)26(27)21-7-3-2-4-8-21;14-13(11-7-3-1-4-8-11)12-9-5-2-6-10-12/h2-18H,1H3;1-10H. The molecule has 0 bridgehead atoms. The zero-order valence-electron chi connectivity index (χ0n) is 23.3. The van der Waals surface area contributed by atoms with Crippen molar-refractivity contribution in [3.05, 3.63) is 192 Å². The van der Waals surface area contributed by atoms with E-state index < -0.39 is 0 Å². The van der Waals surface area contributed by atoms with Gasteiger partial charge in [-0.1, -0.05) is 157 Å². The number of ketones is 2. The van der Waals surface area contributed by atoms with E-state index in [-0.39, 0.29) is 11.6 Å². The second kappa shape index (κ2) is 14.1. The Kier molecular flexibility index (Phi) is 9.56. The molecule has 204 valence electrons. The fourth-order valence-corrected chi connectivity index (χ4v) is 5.29. The summed E-state index contributed by atoms with van der Waals surface area (Å²) in [5.41, 5.74) is 6.18. The van der Waals surface area contributed by atoms with Gasteiger partial charge in [0.25, 0.3) is 0 Å². The maximum atomic E-state index is 13.0. The van der Waals surface area contributed by atoms with Crippen LogP contribution in [-0.4, -0.2) is 11.6 Å². The number of carbonyl (C=O) groups is 2. The highest BCUT2D eigenvalue weighted by molar-refractivity contribution is 7.99. The molecule has 0 N–H and O–H groups in total. The number of carbonyl (C=O) groups excluding carboxylic acids is 2. The van der Waals surface area contributed by atoms with Crippen LogP contribution in [0.15, 0.2) is 174 Å². The Morgan fingerprint density at radius 2 is 0.833 bits per heavy atom. The van der Waals surface area contributed by atoms with Gasteiger partial charge in [0, 0.05) is 32.0 Å². The maximum Gasteiger partial charge on any atom is 0.193 e. The molecule has 0 aliphatic heterocycles. The van der Waals surface area contributed by atoms with E-state index in [0.29, 0.717) is 5.56 Å². The summed E-state index contributed by atoms with van der Waals surface area (Å²) in [4.78, 5) is 27.2. The van der Waals surface area contributed by atoms with E-state index in [1.807, 2.05) is 115 Å². The summed E-state index contributed by atoms with van der Waals surface area (Å²) in [7, 11) is 0. The second-order valence-electron chi connectivity index (χ2n) is 9.74. The summed E-state index contributed by atoms with van der Waals surface area (Å²) < 4.78 is 0. The minimum atomic E-state index is 0.0503. The lowest BCUT2D eigenvalue weighted by atomic mass is 9.94. The predicted octanol–water partition coefficient (Wildman–Crippen LogP) is 9.96. The first-order chi connectivity index (χ1) is 20.6. The first-order valence-electron chi connectivity index (χ1n) is 13.8. The van der Waals surface area contributed by atoms with Crippen LogP contribution in [0.2, 0.25) is 0 Å². The molecule has 0 amide bonds. The third-order valence-corrected chi connectivity index (χ3v) is 7.72. The van der Waals surface area contributed by atoms with Gasteiger partial charge in [-0.05, 0) is 42.3 Å². The van der Waals surface area contributed by atoms with Crippen molar-refractivity contribution in [3.8, 4) is 11.1 Å². The van der Waals surface area contributed by atoms with Crippen molar-refractivity contribution < 1.29 is 9.59 Å². The van der Waals surface area contributed by atoms with Crippen LogP contribution < -0.4 is 0 Å². The zero-order chi connectivity index (χ0) is 29.1. The van der Waals surface area contributed by atoms with Gasteiger partial charge < -0.3 is 0 Å². The molecule has 0 heterocycles. The normalized spacial score (nSPS) is 10.3. The summed E-state index contributed by atoms with van der Waals surface area (Å²) in [5, 5.41) is 0. The molecule has 0 saturated carbocycles. The third-order valence-electron chi connectivity index (χ3n) is 6.70. The molecule has 42 heavy (non-hydrogen) atoms. The molecule has 6 aromatic rings. The Labute approximate surface area is 251 Å². The number of aryl methyl sites for hydroxylation is 1. The van der Waals surface area contributed by atoms with Gasteiger partial charge in [-0.25, -0.2) is 0 Å². The van der Waals surface area contributed by atoms with Crippen LogP contribution in [0.5, 0.6) is 0 Å². The highest BCUT2D eigenvalue weighted by Gasteiger charge is 2.14. The lowest BCUT2D eigenvalue weighted by Crippen LogP contribution is -2.03. The number of hydrogen-bond acceptors (Lipinski definition) is 3. The Hall–Kier alpha value is -4.99. The largest absolute Gasteiger partial charge is 0.289 e. The van der Waals surface area contributed by atoms with Gasteiger partial charge in [0.2, 0.25) is 0 Å². The van der Waals surface area contributed by atoms with Crippen molar-refractivity contribution in [1.82, 2.24) is 0 Å². The van der Waals surface area contributed by atoms with Gasteiger partial charge in [-0.15, -0.1) is 0 Å². The van der Waals surface area contributed by atoms with E-state index >= 15 is 0 Å². The molecule has 6 rings (SSSR count). The van der Waals surface area contributed by atoms with E-state index in [9.17, 15) is 9.59 Å². The van der Waals surface area contributed by atoms with E-state index in [1.54, 1.807) is 11.8 Å². The lowest BCUT2D eigenvalue weighted by molar-refractivity contribution is 0.103. The molecule has 0 unspecified atom stereocenters. The van der Waals surface area contributed by atoms with Crippen LogP contribution in [0.3, 0.4) is 0 Å². The molecule has 0 fully saturated rings. The Balaban J connectivity index is 0.000000211. The Morgan fingerprint density at radius 3 is 1.33 bits per heavy atom. The molecular weight excluding hydrogens is 532 g/mol. The topological polar surface area (TPSA) is 34.1 Å². The highest BCUT2D eigenvalue weighted by atomic mass is 32.2. The van der Waals surface area contributed by atoms with Crippen LogP contribution in [0.25, 0.3) is 11.1 Å². The maximum absolute atomic E-state index is 13.0. The van der Waals surface area contributed by atoms with Gasteiger partial charge in [0.1, 0.15) is 0 Å². The van der Waals surface area contributed by atoms with Crippen LogP contribution in [0, 0.1) is 6.92 Å². The van der Waals surface area contributed by atoms with Gasteiger partial charge >= 0.3 is 0 Å². The van der Waals surface area contributed by atoms with Crippen molar-refractivity contribution in [1.29, 1.82) is 0 Å². The van der Waals surface area contributed by atoms with Gasteiger partial charge in [-0.3, -0.25) is 9.59 Å². The molecule has 0 aromatic heterocycles. The summed E-state index contributed by atoms with van der Waals surface area (Å²) in [6, 6.07) is 52.8. The third kappa shape index (κ3) is 7.39. The van der Waals surface area contributed by atoms with Crippen LogP contribution in [-0.2, 0) is 0 Å².